The number of amidine groups is 1. The van der Waals surface area contributed by atoms with Gasteiger partial charge in [0, 0.05) is 19.1 Å². The smallest absolute Gasteiger partial charge is 0.236 e. The standard InChI is InChI=1S/C13H26N4O2/c1-5-13(2,11(14)15-19)12(18)17-8-6-10(7-9-17)16(3)4/h10,19H,5-9H2,1-4H3,(H2,14,15). The summed E-state index contributed by atoms with van der Waals surface area (Å²) >= 11 is 0. The first-order chi connectivity index (χ1) is 8.86. The van der Waals surface area contributed by atoms with Gasteiger partial charge in [0.05, 0.1) is 0 Å². The third kappa shape index (κ3) is 3.18. The van der Waals surface area contributed by atoms with Gasteiger partial charge in [-0.3, -0.25) is 4.79 Å². The molecule has 0 saturated carbocycles. The van der Waals surface area contributed by atoms with Gasteiger partial charge in [-0.2, -0.15) is 0 Å². The Kier molecular flexibility index (Phi) is 5.17. The third-order valence-electron chi connectivity index (χ3n) is 4.33. The molecule has 0 aromatic rings. The maximum absolute atomic E-state index is 12.6. The van der Waals surface area contributed by atoms with Crippen LogP contribution in [0.3, 0.4) is 0 Å². The Morgan fingerprint density at radius 1 is 1.47 bits per heavy atom. The summed E-state index contributed by atoms with van der Waals surface area (Å²) in [7, 11) is 4.13. The number of carbonyl (C=O) groups is 1. The number of nitrogens with zero attached hydrogens (tertiary/aromatic N) is 3. The van der Waals surface area contributed by atoms with E-state index in [4.69, 9.17) is 10.9 Å². The lowest BCUT2D eigenvalue weighted by atomic mass is 9.84. The van der Waals surface area contributed by atoms with E-state index in [0.29, 0.717) is 12.5 Å². The Morgan fingerprint density at radius 3 is 2.37 bits per heavy atom. The lowest BCUT2D eigenvalue weighted by molar-refractivity contribution is -0.139. The van der Waals surface area contributed by atoms with Crippen molar-refractivity contribution in [1.82, 2.24) is 9.80 Å². The molecule has 0 spiro atoms. The van der Waals surface area contributed by atoms with Crippen LogP contribution < -0.4 is 5.73 Å². The minimum atomic E-state index is -0.903. The molecule has 1 unspecified atom stereocenters. The average molecular weight is 270 g/mol. The highest BCUT2D eigenvalue weighted by molar-refractivity contribution is 6.06. The summed E-state index contributed by atoms with van der Waals surface area (Å²) in [6.07, 6.45) is 2.46. The number of oxime groups is 1. The molecule has 0 aromatic heterocycles. The van der Waals surface area contributed by atoms with Crippen LogP contribution in [0.25, 0.3) is 0 Å². The Bertz CT molecular complexity index is 349. The number of piperidine rings is 1. The fourth-order valence-electron chi connectivity index (χ4n) is 2.49. The minimum absolute atomic E-state index is 0.00488. The molecule has 1 aliphatic heterocycles. The predicted octanol–water partition coefficient (Wildman–Crippen LogP) is 0.702. The maximum atomic E-state index is 12.6. The Balaban J connectivity index is 2.74. The zero-order valence-electron chi connectivity index (χ0n) is 12.4. The van der Waals surface area contributed by atoms with Gasteiger partial charge in [-0.25, -0.2) is 0 Å². The van der Waals surface area contributed by atoms with Crippen molar-refractivity contribution in [2.24, 2.45) is 16.3 Å². The van der Waals surface area contributed by atoms with Crippen molar-refractivity contribution in [1.29, 1.82) is 0 Å². The molecule has 19 heavy (non-hydrogen) atoms. The molecule has 0 bridgehead atoms. The minimum Gasteiger partial charge on any atom is -0.409 e. The van der Waals surface area contributed by atoms with E-state index in [-0.39, 0.29) is 11.7 Å². The van der Waals surface area contributed by atoms with E-state index in [0.717, 1.165) is 25.9 Å². The van der Waals surface area contributed by atoms with Crippen LogP contribution in [0.4, 0.5) is 0 Å². The van der Waals surface area contributed by atoms with Crippen molar-refractivity contribution in [3.05, 3.63) is 0 Å². The molecule has 1 atom stereocenters. The van der Waals surface area contributed by atoms with Crippen molar-refractivity contribution >= 4 is 11.7 Å². The molecule has 6 nitrogen and oxygen atoms in total. The van der Waals surface area contributed by atoms with Crippen molar-refractivity contribution < 1.29 is 10.0 Å². The summed E-state index contributed by atoms with van der Waals surface area (Å²) in [5.74, 6) is -0.0442. The summed E-state index contributed by atoms with van der Waals surface area (Å²) in [6, 6.07) is 0.529. The number of carbonyl (C=O) groups excluding carboxylic acids is 1. The van der Waals surface area contributed by atoms with Gasteiger partial charge in [-0.1, -0.05) is 12.1 Å². The number of hydrogen-bond acceptors (Lipinski definition) is 4. The molecule has 0 aromatic carbocycles. The fourth-order valence-corrected chi connectivity index (χ4v) is 2.49. The van der Waals surface area contributed by atoms with Crippen LogP contribution in [0, 0.1) is 5.41 Å². The van der Waals surface area contributed by atoms with E-state index in [1.807, 2.05) is 11.8 Å². The van der Waals surface area contributed by atoms with Crippen LogP contribution in [-0.4, -0.2) is 60.0 Å². The van der Waals surface area contributed by atoms with Crippen molar-refractivity contribution in [2.75, 3.05) is 27.2 Å². The monoisotopic (exact) mass is 270 g/mol. The summed E-state index contributed by atoms with van der Waals surface area (Å²) in [6.45, 7) is 5.08. The number of hydrogen-bond donors (Lipinski definition) is 2. The van der Waals surface area contributed by atoms with E-state index >= 15 is 0 Å². The first kappa shape index (κ1) is 15.8. The van der Waals surface area contributed by atoms with E-state index in [1.54, 1.807) is 6.92 Å². The van der Waals surface area contributed by atoms with E-state index in [2.05, 4.69) is 24.2 Å². The molecule has 6 heteroatoms. The second-order valence-electron chi connectivity index (χ2n) is 5.66. The van der Waals surface area contributed by atoms with Gasteiger partial charge in [0.15, 0.2) is 5.84 Å². The van der Waals surface area contributed by atoms with Crippen LogP contribution in [0.1, 0.15) is 33.1 Å². The molecule has 0 radical (unpaired) electrons. The normalized spacial score (nSPS) is 21.5. The molecule has 1 amide bonds. The van der Waals surface area contributed by atoms with Gasteiger partial charge in [-0.15, -0.1) is 0 Å². The van der Waals surface area contributed by atoms with Crippen molar-refractivity contribution in [3.8, 4) is 0 Å². The maximum Gasteiger partial charge on any atom is 0.236 e. The Morgan fingerprint density at radius 2 is 2.00 bits per heavy atom. The molecule has 0 aliphatic carbocycles. The lowest BCUT2D eigenvalue weighted by Gasteiger charge is -2.39. The number of likely N-dealkylation sites (tertiary alicyclic amines) is 1. The first-order valence-corrected chi connectivity index (χ1v) is 6.80. The Labute approximate surface area is 115 Å². The largest absolute Gasteiger partial charge is 0.409 e. The summed E-state index contributed by atoms with van der Waals surface area (Å²) in [5, 5.41) is 11.9. The summed E-state index contributed by atoms with van der Waals surface area (Å²) in [4.78, 5) is 16.6. The molecule has 110 valence electrons. The first-order valence-electron chi connectivity index (χ1n) is 6.80. The molecule has 1 aliphatic rings. The van der Waals surface area contributed by atoms with Crippen LogP contribution in [0.15, 0.2) is 5.16 Å². The predicted molar refractivity (Wildman–Crippen MR) is 75.1 cm³/mol. The highest BCUT2D eigenvalue weighted by Crippen LogP contribution is 2.27. The molecule has 1 rings (SSSR count). The zero-order chi connectivity index (χ0) is 14.6. The average Bonchev–Trinajstić information content (AvgIpc) is 2.44. The van der Waals surface area contributed by atoms with E-state index < -0.39 is 5.41 Å². The molecule has 1 heterocycles. The number of amides is 1. The SMILES string of the molecule is CCC(C)(C(=O)N1CCC(N(C)C)CC1)C(N)=NO. The third-order valence-corrected chi connectivity index (χ3v) is 4.33. The van der Waals surface area contributed by atoms with Crippen LogP contribution in [0.2, 0.25) is 0 Å². The zero-order valence-corrected chi connectivity index (χ0v) is 12.4. The lowest BCUT2D eigenvalue weighted by Crippen LogP contribution is -2.53. The van der Waals surface area contributed by atoms with Gasteiger partial charge in [0.1, 0.15) is 5.41 Å². The summed E-state index contributed by atoms with van der Waals surface area (Å²) < 4.78 is 0. The van der Waals surface area contributed by atoms with E-state index in [1.165, 1.54) is 0 Å². The molecule has 1 fully saturated rings. The highest BCUT2D eigenvalue weighted by atomic mass is 16.4. The molecule has 3 N–H and O–H groups in total. The van der Waals surface area contributed by atoms with Gasteiger partial charge in [0.2, 0.25) is 5.91 Å². The van der Waals surface area contributed by atoms with Crippen LogP contribution in [0.5, 0.6) is 0 Å². The molecule has 1 saturated heterocycles. The quantitative estimate of drug-likeness (QED) is 0.341. The molecular weight excluding hydrogens is 244 g/mol. The van der Waals surface area contributed by atoms with Crippen molar-refractivity contribution in [3.63, 3.8) is 0 Å². The number of rotatable bonds is 4. The topological polar surface area (TPSA) is 82.2 Å². The van der Waals surface area contributed by atoms with Gasteiger partial charge in [0.25, 0.3) is 0 Å². The number of nitrogens with two attached hydrogens (primary N) is 1. The van der Waals surface area contributed by atoms with Gasteiger partial charge >= 0.3 is 0 Å². The molecular formula is C13H26N4O2. The van der Waals surface area contributed by atoms with Gasteiger partial charge in [-0.05, 0) is 40.3 Å². The fraction of sp³-hybridized carbons (Fsp3) is 0.846. The second kappa shape index (κ2) is 6.23. The Hall–Kier alpha value is -1.30. The summed E-state index contributed by atoms with van der Waals surface area (Å²) in [5.41, 5.74) is 4.79. The van der Waals surface area contributed by atoms with Crippen LogP contribution >= 0.6 is 0 Å². The van der Waals surface area contributed by atoms with Crippen molar-refractivity contribution in [2.45, 2.75) is 39.2 Å². The van der Waals surface area contributed by atoms with Gasteiger partial charge < -0.3 is 20.7 Å². The highest BCUT2D eigenvalue weighted by Gasteiger charge is 2.40. The van der Waals surface area contributed by atoms with E-state index in [9.17, 15) is 4.79 Å². The van der Waals surface area contributed by atoms with Crippen LogP contribution in [-0.2, 0) is 4.79 Å². The second-order valence-corrected chi connectivity index (χ2v) is 5.66.